The number of phenolic OH excluding ortho intramolecular Hbond substituents is 3. The monoisotopic (exact) mass is 1320 g/mol. The van der Waals surface area contributed by atoms with Gasteiger partial charge in [-0.05, 0) is 172 Å². The molecule has 2 aliphatic rings. The molecule has 2 heterocycles. The number of hydrogen-bond donors (Lipinski definition) is 3. The second kappa shape index (κ2) is 38.5. The first kappa shape index (κ1) is 73.5. The minimum atomic E-state index is -4.24. The van der Waals surface area contributed by atoms with Gasteiger partial charge in [-0.2, -0.15) is 8.42 Å². The first-order valence-electron chi connectivity index (χ1n) is 31.2. The Balaban J connectivity index is 0.000000195. The van der Waals surface area contributed by atoms with E-state index in [1.54, 1.807) is 48.5 Å². The molecule has 0 aliphatic carbocycles. The van der Waals surface area contributed by atoms with E-state index in [-0.39, 0.29) is 71.4 Å². The van der Waals surface area contributed by atoms with E-state index >= 15 is 0 Å². The van der Waals surface area contributed by atoms with Gasteiger partial charge in [-0.25, -0.2) is 8.42 Å². The van der Waals surface area contributed by atoms with Gasteiger partial charge in [0.1, 0.15) is 28.7 Å². The molecule has 95 heavy (non-hydrogen) atoms. The van der Waals surface area contributed by atoms with Gasteiger partial charge in [-0.1, -0.05) is 214 Å². The van der Waals surface area contributed by atoms with Crippen molar-refractivity contribution in [2.24, 2.45) is 0 Å². The number of aromatic hydroxyl groups is 3. The minimum absolute atomic E-state index is 0. The predicted molar refractivity (Wildman–Crippen MR) is 372 cm³/mol. The van der Waals surface area contributed by atoms with Crippen LogP contribution in [0, 0.1) is 0 Å². The molecule has 0 spiro atoms. The Kier molecular flexibility index (Phi) is 29.8. The van der Waals surface area contributed by atoms with E-state index < -0.39 is 26.0 Å². The van der Waals surface area contributed by atoms with E-state index in [1.165, 1.54) is 25.0 Å². The molecule has 2 aliphatic heterocycles. The Labute approximate surface area is 580 Å². The summed E-state index contributed by atoms with van der Waals surface area (Å²) in [4.78, 5) is 11.9. The van der Waals surface area contributed by atoms with Crippen molar-refractivity contribution >= 4 is 48.3 Å². The van der Waals surface area contributed by atoms with Crippen LogP contribution in [0.5, 0.6) is 28.7 Å². The van der Waals surface area contributed by atoms with Gasteiger partial charge in [-0.15, -0.1) is 0 Å². The molecule has 0 aromatic heterocycles. The van der Waals surface area contributed by atoms with Crippen LogP contribution in [0.2, 0.25) is 0 Å². The largest absolute Gasteiger partial charge is 1.00 e. The zero-order valence-electron chi connectivity index (χ0n) is 53.4. The molecule has 0 unspecified atom stereocenters. The molecule has 0 radical (unpaired) electrons. The maximum Gasteiger partial charge on any atom is 1.00 e. The van der Waals surface area contributed by atoms with Gasteiger partial charge in [0, 0.05) is 30.1 Å². The van der Waals surface area contributed by atoms with Crippen LogP contribution >= 0.6 is 0 Å². The number of ketones is 1. The normalized spacial score (nSPS) is 13.3. The molecule has 10 aromatic carbocycles. The molecule has 0 atom stereocenters. The third-order valence-electron chi connectivity index (χ3n) is 14.7. The Bertz CT molecular complexity index is 4080. The van der Waals surface area contributed by atoms with E-state index in [0.717, 1.165) is 98.6 Å². The number of benzene rings is 10. The molecule has 13 nitrogen and oxygen atoms in total. The van der Waals surface area contributed by atoms with Gasteiger partial charge in [-0.3, -0.25) is 8.98 Å². The summed E-state index contributed by atoms with van der Waals surface area (Å²) in [5.41, 5.74) is 14.0. The van der Waals surface area contributed by atoms with Crippen molar-refractivity contribution in [3.63, 3.8) is 0 Å². The summed E-state index contributed by atoms with van der Waals surface area (Å²) in [5.74, 6) is 1.85. The van der Waals surface area contributed by atoms with Crippen molar-refractivity contribution in [3.05, 3.63) is 329 Å². The number of unbranched alkanes of at least 4 members (excludes halogenated alkanes) is 1. The van der Waals surface area contributed by atoms with Crippen LogP contribution in [0.3, 0.4) is 0 Å². The summed E-state index contributed by atoms with van der Waals surface area (Å²) in [7, 11) is -7.29. The Morgan fingerprint density at radius 2 is 0.695 bits per heavy atom. The summed E-state index contributed by atoms with van der Waals surface area (Å²) in [6.07, 6.45) is 5.47. The third-order valence-corrected chi connectivity index (χ3v) is 16.8. The van der Waals surface area contributed by atoms with Crippen molar-refractivity contribution in [2.75, 3.05) is 44.5 Å². The van der Waals surface area contributed by atoms with Crippen LogP contribution in [-0.4, -0.2) is 87.0 Å². The third kappa shape index (κ3) is 24.1. The van der Waals surface area contributed by atoms with Gasteiger partial charge in [0.05, 0.1) is 35.7 Å². The fourth-order valence-corrected chi connectivity index (χ4v) is 11.5. The molecule has 10 aromatic rings. The average Bonchev–Trinajstić information content (AvgIpc) is 1.18. The predicted octanol–water partition coefficient (Wildman–Crippen LogP) is 13.5. The summed E-state index contributed by atoms with van der Waals surface area (Å²) >= 11 is 0. The number of carbonyl (C=O) groups excluding carboxylic acids is 1. The van der Waals surface area contributed by atoms with Crippen LogP contribution in [0.4, 0.5) is 0 Å². The summed E-state index contributed by atoms with van der Waals surface area (Å²) in [6, 6.07) is 86.9. The first-order chi connectivity index (χ1) is 45.6. The maximum absolute atomic E-state index is 11.9. The number of carbonyl (C=O) groups is 1. The fraction of sp³-hybridized carbons (Fsp3) is 0.177. The van der Waals surface area contributed by atoms with Gasteiger partial charge in [0.25, 0.3) is 10.1 Å². The van der Waals surface area contributed by atoms with E-state index in [2.05, 4.69) is 71.8 Å². The van der Waals surface area contributed by atoms with Crippen molar-refractivity contribution in [1.29, 1.82) is 0 Å². The van der Waals surface area contributed by atoms with Gasteiger partial charge in [0.2, 0.25) is 0 Å². The topological polar surface area (TPSA) is 206 Å². The van der Waals surface area contributed by atoms with Crippen LogP contribution in [0.1, 0.15) is 106 Å². The van der Waals surface area contributed by atoms with Crippen LogP contribution in [0.15, 0.2) is 273 Å². The van der Waals surface area contributed by atoms with Crippen LogP contribution in [-0.2, 0) is 29.2 Å². The second-order valence-electron chi connectivity index (χ2n) is 21.8. The molecular weight excluding hydrogens is 1240 g/mol. The molecule has 2 fully saturated rings. The standard InChI is InChI=1S/C33H34O5S.C26H20O2.C13H10O2.C4H8O.C3H6O3S.Na/c1-2-3-23-37-30-19-15-28(16-20-30)32(26-11-6-4-7-12-26)33(27-13-8-5-9-14-27)29-17-21-31(22-18-29)38-24-10-25-39(34,35)36;27-23-15-11-21(12-16-23)25(19-7-3-1-4-8-19)26(20-9-5-2-6-10-20)22-13-17-24(28)18-14-22;14-12-8-6-11(7-9-12)13(15)10-4-2-1-3-5-10;1-2-4-5-3-1;4-7(5)3-1-2-6-7;/h4-9,11-22H,2-3,10,23-25H2,1H3,(H,34,35,36);1-18,27-28H;1-9,14H;1-4H2;1-3H2;/q;;;;;+1/p-1. The average molecular weight is 1320 g/mol. The maximum atomic E-state index is 11.9. The van der Waals surface area contributed by atoms with Crippen molar-refractivity contribution in [1.82, 2.24) is 0 Å². The van der Waals surface area contributed by atoms with Gasteiger partial charge >= 0.3 is 29.6 Å². The molecule has 0 saturated carbocycles. The molecule has 484 valence electrons. The van der Waals surface area contributed by atoms with Crippen LogP contribution < -0.4 is 39.0 Å². The Morgan fingerprint density at radius 3 is 0.958 bits per heavy atom. The minimum Gasteiger partial charge on any atom is -0.748 e. The van der Waals surface area contributed by atoms with Crippen LogP contribution in [0.25, 0.3) is 22.3 Å². The number of phenols is 3. The molecule has 3 N–H and O–H groups in total. The molecule has 12 rings (SSSR count). The number of hydrogen-bond acceptors (Lipinski definition) is 13. The number of ether oxygens (including phenoxy) is 3. The summed E-state index contributed by atoms with van der Waals surface area (Å²) < 4.78 is 73.8. The van der Waals surface area contributed by atoms with E-state index in [4.69, 9.17) is 19.3 Å². The molecular formula is C79H77NaO13S2. The summed E-state index contributed by atoms with van der Waals surface area (Å²) in [5, 5.41) is 28.6. The zero-order chi connectivity index (χ0) is 66.4. The number of rotatable bonds is 19. The molecule has 0 bridgehead atoms. The van der Waals surface area contributed by atoms with Crippen molar-refractivity contribution in [2.45, 2.75) is 45.4 Å². The first-order valence-corrected chi connectivity index (χ1v) is 34.3. The van der Waals surface area contributed by atoms with Gasteiger partial charge in [0.15, 0.2) is 5.78 Å². The van der Waals surface area contributed by atoms with Crippen molar-refractivity contribution in [3.8, 4) is 28.7 Å². The van der Waals surface area contributed by atoms with Crippen molar-refractivity contribution < 1.29 is 89.5 Å². The second-order valence-corrected chi connectivity index (χ2v) is 25.1. The Morgan fingerprint density at radius 1 is 0.411 bits per heavy atom. The SMILES string of the molecule is C1CCOC1.CCCCOc1ccc(C(=C(c2ccccc2)c2ccc(OCCCS(=O)(=O)[O-])cc2)c2ccccc2)cc1.O=C(c1ccccc1)c1ccc(O)cc1.O=S1(=O)CCCO1.Oc1ccc(C(=C(c2ccccc2)c2ccc(O)cc2)c2ccccc2)cc1.[Na+]. The zero-order valence-corrected chi connectivity index (χ0v) is 57.0. The molecule has 0 amide bonds. The van der Waals surface area contributed by atoms with E-state index in [1.807, 2.05) is 152 Å². The summed E-state index contributed by atoms with van der Waals surface area (Å²) in [6.45, 7) is 5.38. The van der Waals surface area contributed by atoms with E-state index in [0.29, 0.717) is 36.5 Å². The van der Waals surface area contributed by atoms with Gasteiger partial charge < -0.3 is 34.1 Å². The smallest absolute Gasteiger partial charge is 0.748 e. The fourth-order valence-electron chi connectivity index (χ4n) is 10.1. The quantitative estimate of drug-likeness (QED) is 0.0172. The molecule has 2 saturated heterocycles. The van der Waals surface area contributed by atoms with E-state index in [9.17, 15) is 36.4 Å². The Hall–Kier alpha value is -8.87. The molecule has 16 heteroatoms.